The van der Waals surface area contributed by atoms with Crippen LogP contribution in [0.15, 0.2) is 166 Å². The zero-order valence-electron chi connectivity index (χ0n) is 43.3. The number of nitrogens with one attached hydrogen (secondary N) is 3. The van der Waals surface area contributed by atoms with E-state index < -0.39 is 97.2 Å². The van der Waals surface area contributed by atoms with Crippen LogP contribution in [-0.2, 0) is 82.4 Å². The number of esters is 1. The van der Waals surface area contributed by atoms with E-state index in [-0.39, 0.29) is 56.4 Å². The van der Waals surface area contributed by atoms with E-state index in [0.717, 1.165) is 0 Å². The Kier molecular flexibility index (Phi) is 27.0. The zero-order chi connectivity index (χ0) is 61.5. The number of carbonyl (C=O) groups excluding carboxylic acids is 4. The Morgan fingerprint density at radius 3 is 1.19 bits per heavy atom. The molecule has 0 heterocycles. The monoisotopic (exact) mass is 1190 g/mol. The van der Waals surface area contributed by atoms with Crippen molar-refractivity contribution >= 4 is 104 Å². The molecule has 0 aliphatic carbocycles. The molecule has 3 amide bonds. The summed E-state index contributed by atoms with van der Waals surface area (Å²) in [5.74, 6) is -9.83. The van der Waals surface area contributed by atoms with E-state index in [1.807, 2.05) is 0 Å². The summed E-state index contributed by atoms with van der Waals surface area (Å²) in [6.45, 7) is 19.8. The molecule has 29 heteroatoms. The number of ether oxygens (including phenoxy) is 1. The first-order valence-corrected chi connectivity index (χ1v) is 29.1. The number of rotatable bonds is 23. The number of sulfone groups is 4. The van der Waals surface area contributed by atoms with Crippen molar-refractivity contribution < 1.29 is 97.2 Å². The van der Waals surface area contributed by atoms with Gasteiger partial charge in [-0.15, -0.1) is 0 Å². The van der Waals surface area contributed by atoms with Crippen LogP contribution in [0.2, 0.25) is 0 Å². The molecule has 9 N–H and O–H groups in total. The molecule has 0 aliphatic rings. The maximum atomic E-state index is 12.7. The molecule has 0 bridgehead atoms. The van der Waals surface area contributed by atoms with Crippen molar-refractivity contribution in [3.05, 3.63) is 157 Å². The Labute approximate surface area is 461 Å². The Balaban J connectivity index is 0.000000541. The van der Waals surface area contributed by atoms with Gasteiger partial charge in [-0.2, -0.15) is 0 Å². The molecule has 0 radical (unpaired) electrons. The van der Waals surface area contributed by atoms with Gasteiger partial charge in [-0.1, -0.05) is 56.6 Å². The van der Waals surface area contributed by atoms with E-state index >= 15 is 0 Å². The first-order chi connectivity index (χ1) is 36.9. The molecule has 0 saturated carbocycles. The Morgan fingerprint density at radius 1 is 0.500 bits per heavy atom. The normalized spacial score (nSPS) is 11.7. The van der Waals surface area contributed by atoms with Gasteiger partial charge in [0.1, 0.15) is 5.75 Å². The van der Waals surface area contributed by atoms with Crippen LogP contribution in [-0.4, -0.2) is 131 Å². The molecule has 0 aromatic heterocycles. The molecule has 0 aliphatic heterocycles. The standard InChI is InChI=1S/C18H17NO5S.C12H14N2O5S.C12H13NO5S.C9H14O6S/c1-12(2)17(20)19-14-8-10-15(11-9-14)25(23,24)16(18(21)22)13-6-4-3-5-7-13;1-7(2)11(15)14-8-3-5-9(6-4-8)20(18,19)10(13)12(16)17;1-8(2)12(16)13-9-3-5-10(6-4-9)19(17,18)7-11(14)15;1-7(2)9(12)15-4-3-5-16(13,14)6-8(10)11/h3-11,16H,1H2,2H3,(H,19,20)(H,21,22);3-6,10H,1,13H2,2H3,(H,14,15)(H,16,17);3-6H,1,7H2,2H3,(H,13,16)(H,14,15);1,3-6H2,2H3,(H,10,11). The molecule has 4 rings (SSSR count). The van der Waals surface area contributed by atoms with Gasteiger partial charge in [0.2, 0.25) is 15.2 Å². The third-order valence-electron chi connectivity index (χ3n) is 9.57. The lowest BCUT2D eigenvalue weighted by Crippen LogP contribution is -2.38. The summed E-state index contributed by atoms with van der Waals surface area (Å²) < 4.78 is 99.1. The fourth-order valence-electron chi connectivity index (χ4n) is 5.49. The van der Waals surface area contributed by atoms with Gasteiger partial charge < -0.3 is 46.8 Å². The van der Waals surface area contributed by atoms with Gasteiger partial charge in [-0.25, -0.2) is 43.3 Å². The molecule has 2 atom stereocenters. The van der Waals surface area contributed by atoms with Crippen LogP contribution in [0.1, 0.15) is 44.9 Å². The zero-order valence-corrected chi connectivity index (χ0v) is 46.5. The number of carboxylic acids is 4. The van der Waals surface area contributed by atoms with Crippen molar-refractivity contribution in [2.24, 2.45) is 5.73 Å². The van der Waals surface area contributed by atoms with Crippen LogP contribution < -0.4 is 21.7 Å². The Morgan fingerprint density at radius 2 is 0.863 bits per heavy atom. The summed E-state index contributed by atoms with van der Waals surface area (Å²) >= 11 is 0. The number of carboxylic acid groups (broad SMARTS) is 4. The van der Waals surface area contributed by atoms with Gasteiger partial charge in [0, 0.05) is 39.4 Å². The predicted octanol–water partition coefficient (Wildman–Crippen LogP) is 4.20. The summed E-state index contributed by atoms with van der Waals surface area (Å²) in [7, 11) is -15.8. The average molecular weight is 1190 g/mol. The highest BCUT2D eigenvalue weighted by Gasteiger charge is 2.35. The minimum absolute atomic E-state index is 0.0649. The third-order valence-corrected chi connectivity index (χ3v) is 16.6. The second-order valence-electron chi connectivity index (χ2n) is 16.7. The Bertz CT molecular complexity index is 3460. The minimum atomic E-state index is -4.15. The van der Waals surface area contributed by atoms with Gasteiger partial charge in [-0.3, -0.25) is 28.8 Å². The van der Waals surface area contributed by atoms with Crippen molar-refractivity contribution in [2.75, 3.05) is 39.8 Å². The van der Waals surface area contributed by atoms with E-state index in [9.17, 15) is 77.1 Å². The number of aliphatic carboxylic acids is 4. The molecule has 4 aromatic carbocycles. The number of benzene rings is 4. The van der Waals surface area contributed by atoms with E-state index in [1.54, 1.807) is 32.0 Å². The van der Waals surface area contributed by atoms with Crippen LogP contribution in [0.25, 0.3) is 0 Å². The SMILES string of the molecule is C=C(C)C(=O)Nc1ccc(S(=O)(=O)C(C(=O)O)c2ccccc2)cc1.C=C(C)C(=O)Nc1ccc(S(=O)(=O)C(N)C(=O)O)cc1.C=C(C)C(=O)Nc1ccc(S(=O)(=O)CC(=O)O)cc1.C=C(C)C(=O)OCCCS(=O)(=O)CC(=O)O. The highest BCUT2D eigenvalue weighted by Crippen LogP contribution is 2.30. The smallest absolute Gasteiger partial charge is 0.336 e. The highest BCUT2D eigenvalue weighted by atomic mass is 32.2. The largest absolute Gasteiger partial charge is 0.480 e. The number of anilines is 3. The number of hydrogen-bond acceptors (Lipinski definition) is 18. The lowest BCUT2D eigenvalue weighted by molar-refractivity contribution is -0.139. The number of carbonyl (C=O) groups is 8. The molecule has 0 spiro atoms. The van der Waals surface area contributed by atoms with E-state index in [1.165, 1.54) is 98.8 Å². The summed E-state index contributed by atoms with van der Waals surface area (Å²) in [5.41, 5.74) is 7.61. The van der Waals surface area contributed by atoms with Crippen LogP contribution >= 0.6 is 0 Å². The molecular weight excluding hydrogens is 1130 g/mol. The summed E-state index contributed by atoms with van der Waals surface area (Å²) in [5, 5.41) is 38.7. The predicted molar refractivity (Wildman–Crippen MR) is 293 cm³/mol. The molecule has 25 nitrogen and oxygen atoms in total. The van der Waals surface area contributed by atoms with E-state index in [0.29, 0.717) is 33.8 Å². The number of hydrogen-bond donors (Lipinski definition) is 8. The summed E-state index contributed by atoms with van der Waals surface area (Å²) in [4.78, 5) is 87.5. The molecule has 80 heavy (non-hydrogen) atoms. The lowest BCUT2D eigenvalue weighted by Gasteiger charge is -2.14. The van der Waals surface area contributed by atoms with Crippen molar-refractivity contribution in [2.45, 2.75) is 59.4 Å². The molecular formula is C51H58N4O21S4. The summed E-state index contributed by atoms with van der Waals surface area (Å²) in [6.07, 6.45) is 0.0780. The van der Waals surface area contributed by atoms with Gasteiger partial charge in [0.25, 0.3) is 17.7 Å². The minimum Gasteiger partial charge on any atom is -0.480 e. The number of amides is 3. The van der Waals surface area contributed by atoms with Crippen molar-refractivity contribution in [3.63, 3.8) is 0 Å². The first kappa shape index (κ1) is 69.4. The number of nitrogens with two attached hydrogens (primary N) is 1. The third kappa shape index (κ3) is 23.5. The van der Waals surface area contributed by atoms with Gasteiger partial charge >= 0.3 is 29.8 Å². The first-order valence-electron chi connectivity index (χ1n) is 22.5. The topological polar surface area (TPSA) is 425 Å². The van der Waals surface area contributed by atoms with Crippen molar-refractivity contribution in [1.82, 2.24) is 0 Å². The van der Waals surface area contributed by atoms with Gasteiger partial charge in [0.15, 0.2) is 40.5 Å². The van der Waals surface area contributed by atoms with Crippen LogP contribution in [0.3, 0.4) is 0 Å². The summed E-state index contributed by atoms with van der Waals surface area (Å²) in [6, 6.07) is 23.4. The van der Waals surface area contributed by atoms with Gasteiger partial charge in [-0.05, 0) is 112 Å². The fraction of sp³-hybridized carbons (Fsp3) is 0.216. The van der Waals surface area contributed by atoms with E-state index in [2.05, 4.69) is 47.0 Å². The van der Waals surface area contributed by atoms with Crippen molar-refractivity contribution in [1.29, 1.82) is 0 Å². The maximum absolute atomic E-state index is 12.7. The fourth-order valence-corrected chi connectivity index (χ4v) is 10.2. The highest BCUT2D eigenvalue weighted by molar-refractivity contribution is 7.93. The van der Waals surface area contributed by atoms with Crippen LogP contribution in [0, 0.1) is 0 Å². The second-order valence-corrected chi connectivity index (χ2v) is 24.9. The quantitative estimate of drug-likeness (QED) is 0.0293. The Hall–Kier alpha value is -8.64. The van der Waals surface area contributed by atoms with Gasteiger partial charge in [0.05, 0.1) is 27.0 Å². The van der Waals surface area contributed by atoms with E-state index in [4.69, 9.17) is 21.1 Å². The van der Waals surface area contributed by atoms with Crippen molar-refractivity contribution in [3.8, 4) is 0 Å². The maximum Gasteiger partial charge on any atom is 0.336 e. The molecule has 4 aromatic rings. The van der Waals surface area contributed by atoms with Crippen LogP contribution in [0.4, 0.5) is 17.1 Å². The molecule has 432 valence electrons. The second kappa shape index (κ2) is 31.1. The van der Waals surface area contributed by atoms with Crippen LogP contribution in [0.5, 0.6) is 0 Å². The lowest BCUT2D eigenvalue weighted by atomic mass is 10.1. The molecule has 0 saturated heterocycles. The average Bonchev–Trinajstić information content (AvgIpc) is 3.35. The molecule has 0 fully saturated rings. The molecule has 2 unspecified atom stereocenters.